The highest BCUT2D eigenvalue weighted by atomic mass is 16.5. The van der Waals surface area contributed by atoms with E-state index in [1.807, 2.05) is 72.9 Å². The number of fused-ring (bicyclic) bond motifs is 1. The molecule has 0 heterocycles. The third-order valence-electron chi connectivity index (χ3n) is 4.32. The number of benzene rings is 4. The predicted molar refractivity (Wildman–Crippen MR) is 112 cm³/mol. The van der Waals surface area contributed by atoms with Crippen LogP contribution in [0.15, 0.2) is 102 Å². The lowest BCUT2D eigenvalue weighted by Crippen LogP contribution is -1.95. The molecule has 3 heteroatoms. The summed E-state index contributed by atoms with van der Waals surface area (Å²) in [4.78, 5) is 0. The zero-order valence-corrected chi connectivity index (χ0v) is 14.9. The highest BCUT2D eigenvalue weighted by molar-refractivity contribution is 5.94. The summed E-state index contributed by atoms with van der Waals surface area (Å²) in [6.45, 7) is 0.566. The first-order valence-corrected chi connectivity index (χ1v) is 8.92. The van der Waals surface area contributed by atoms with Crippen LogP contribution in [0.1, 0.15) is 11.1 Å². The van der Waals surface area contributed by atoms with Crippen molar-refractivity contribution in [3.05, 3.63) is 108 Å². The number of anilines is 1. The van der Waals surface area contributed by atoms with E-state index in [1.165, 1.54) is 5.39 Å². The Bertz CT molecular complexity index is 1040. The van der Waals surface area contributed by atoms with E-state index in [-0.39, 0.29) is 0 Å². The van der Waals surface area contributed by atoms with Crippen molar-refractivity contribution in [3.63, 3.8) is 0 Å². The van der Waals surface area contributed by atoms with Crippen molar-refractivity contribution in [2.75, 3.05) is 5.43 Å². The molecular weight excluding hydrogens is 332 g/mol. The summed E-state index contributed by atoms with van der Waals surface area (Å²) in [7, 11) is 0. The SMILES string of the molecule is C(=N\Nc1cccc2ccccc12)/c1ccc(OCc2ccccc2)cc1. The summed E-state index contributed by atoms with van der Waals surface area (Å²) in [6, 6.07) is 32.5. The maximum atomic E-state index is 5.81. The lowest BCUT2D eigenvalue weighted by atomic mass is 10.1. The molecular formula is C24H20N2O. The molecule has 0 aromatic heterocycles. The standard InChI is InChI=1S/C24H20N2O/c1-2-7-20(8-3-1)18-27-22-15-13-19(14-16-22)17-25-26-24-12-6-10-21-9-4-5-11-23(21)24/h1-17,26H,18H2/b25-17+. The van der Waals surface area contributed by atoms with Gasteiger partial charge in [-0.25, -0.2) is 0 Å². The van der Waals surface area contributed by atoms with Crippen molar-refractivity contribution in [2.24, 2.45) is 5.10 Å². The van der Waals surface area contributed by atoms with Gasteiger partial charge in [0.25, 0.3) is 0 Å². The minimum absolute atomic E-state index is 0.566. The Balaban J connectivity index is 1.38. The molecule has 0 atom stereocenters. The number of nitrogens with one attached hydrogen (secondary N) is 1. The van der Waals surface area contributed by atoms with Crippen LogP contribution in [0.3, 0.4) is 0 Å². The lowest BCUT2D eigenvalue weighted by Gasteiger charge is -2.07. The first-order chi connectivity index (χ1) is 13.4. The zero-order chi connectivity index (χ0) is 18.3. The van der Waals surface area contributed by atoms with Gasteiger partial charge in [-0.05, 0) is 46.8 Å². The molecule has 0 aliphatic rings. The molecule has 0 spiro atoms. The van der Waals surface area contributed by atoms with Gasteiger partial charge < -0.3 is 4.74 Å². The molecule has 0 fully saturated rings. The van der Waals surface area contributed by atoms with Crippen LogP contribution in [-0.4, -0.2) is 6.21 Å². The van der Waals surface area contributed by atoms with Crippen LogP contribution in [-0.2, 0) is 6.61 Å². The summed E-state index contributed by atoms with van der Waals surface area (Å²) in [6.07, 6.45) is 1.81. The van der Waals surface area contributed by atoms with E-state index in [9.17, 15) is 0 Å². The van der Waals surface area contributed by atoms with E-state index in [0.717, 1.165) is 28.0 Å². The Morgan fingerprint density at radius 1 is 0.741 bits per heavy atom. The minimum Gasteiger partial charge on any atom is -0.489 e. The first kappa shape index (κ1) is 16.9. The second kappa shape index (κ2) is 8.19. The Morgan fingerprint density at radius 2 is 1.48 bits per heavy atom. The first-order valence-electron chi connectivity index (χ1n) is 8.92. The molecule has 0 aliphatic heterocycles. The fourth-order valence-electron chi connectivity index (χ4n) is 2.89. The van der Waals surface area contributed by atoms with Crippen molar-refractivity contribution in [2.45, 2.75) is 6.61 Å². The number of rotatable bonds is 6. The van der Waals surface area contributed by atoms with Crippen LogP contribution in [0.25, 0.3) is 10.8 Å². The Kier molecular flexibility index (Phi) is 5.11. The van der Waals surface area contributed by atoms with Crippen molar-refractivity contribution in [3.8, 4) is 5.75 Å². The van der Waals surface area contributed by atoms with Crippen molar-refractivity contribution in [1.29, 1.82) is 0 Å². The molecule has 27 heavy (non-hydrogen) atoms. The van der Waals surface area contributed by atoms with Crippen molar-refractivity contribution in [1.82, 2.24) is 0 Å². The van der Waals surface area contributed by atoms with Gasteiger partial charge in [-0.2, -0.15) is 5.10 Å². The van der Waals surface area contributed by atoms with Crippen molar-refractivity contribution >= 4 is 22.7 Å². The number of ether oxygens (including phenoxy) is 1. The average molecular weight is 352 g/mol. The third-order valence-corrected chi connectivity index (χ3v) is 4.32. The van der Waals surface area contributed by atoms with E-state index in [0.29, 0.717) is 6.61 Å². The number of hydrogen-bond acceptors (Lipinski definition) is 3. The second-order valence-corrected chi connectivity index (χ2v) is 6.24. The third kappa shape index (κ3) is 4.33. The van der Waals surface area contributed by atoms with Gasteiger partial charge in [0.2, 0.25) is 0 Å². The lowest BCUT2D eigenvalue weighted by molar-refractivity contribution is 0.306. The van der Waals surface area contributed by atoms with Crippen LogP contribution in [0.2, 0.25) is 0 Å². The normalized spacial score (nSPS) is 11.0. The maximum Gasteiger partial charge on any atom is 0.119 e. The molecule has 4 aromatic carbocycles. The molecule has 0 saturated carbocycles. The van der Waals surface area contributed by atoms with Crippen LogP contribution in [0.5, 0.6) is 5.75 Å². The largest absolute Gasteiger partial charge is 0.489 e. The van der Waals surface area contributed by atoms with Crippen LogP contribution < -0.4 is 10.2 Å². The summed E-state index contributed by atoms with van der Waals surface area (Å²) in [5.41, 5.74) is 6.29. The van der Waals surface area contributed by atoms with E-state index in [1.54, 1.807) is 0 Å². The van der Waals surface area contributed by atoms with E-state index >= 15 is 0 Å². The van der Waals surface area contributed by atoms with Gasteiger partial charge in [-0.15, -0.1) is 0 Å². The molecule has 0 radical (unpaired) electrons. The summed E-state index contributed by atoms with van der Waals surface area (Å²) in [5.74, 6) is 0.845. The van der Waals surface area contributed by atoms with Gasteiger partial charge in [-0.3, -0.25) is 5.43 Å². The van der Waals surface area contributed by atoms with E-state index in [2.05, 4.69) is 40.9 Å². The molecule has 0 unspecified atom stereocenters. The molecule has 132 valence electrons. The van der Waals surface area contributed by atoms with Crippen LogP contribution in [0.4, 0.5) is 5.69 Å². The molecule has 4 aromatic rings. The Labute approximate surface area is 158 Å². The topological polar surface area (TPSA) is 33.6 Å². The van der Waals surface area contributed by atoms with Gasteiger partial charge in [0.15, 0.2) is 0 Å². The minimum atomic E-state index is 0.566. The molecule has 4 rings (SSSR count). The highest BCUT2D eigenvalue weighted by Crippen LogP contribution is 2.22. The van der Waals surface area contributed by atoms with E-state index < -0.39 is 0 Å². The van der Waals surface area contributed by atoms with Gasteiger partial charge in [0.05, 0.1) is 11.9 Å². The quantitative estimate of drug-likeness (QED) is 0.348. The van der Waals surface area contributed by atoms with Gasteiger partial charge in [0, 0.05) is 5.39 Å². The number of hydrogen-bond donors (Lipinski definition) is 1. The Morgan fingerprint density at radius 3 is 2.33 bits per heavy atom. The van der Waals surface area contributed by atoms with E-state index in [4.69, 9.17) is 4.74 Å². The number of nitrogens with zero attached hydrogens (tertiary/aromatic N) is 1. The molecule has 0 saturated heterocycles. The van der Waals surface area contributed by atoms with Gasteiger partial charge >= 0.3 is 0 Å². The number of hydrazone groups is 1. The highest BCUT2D eigenvalue weighted by Gasteiger charge is 1.98. The summed E-state index contributed by atoms with van der Waals surface area (Å²) in [5, 5.41) is 6.72. The van der Waals surface area contributed by atoms with Crippen molar-refractivity contribution < 1.29 is 4.74 Å². The smallest absolute Gasteiger partial charge is 0.119 e. The molecule has 0 amide bonds. The average Bonchev–Trinajstić information content (AvgIpc) is 2.74. The summed E-state index contributed by atoms with van der Waals surface area (Å²) >= 11 is 0. The zero-order valence-electron chi connectivity index (χ0n) is 14.9. The maximum absolute atomic E-state index is 5.81. The summed E-state index contributed by atoms with van der Waals surface area (Å²) < 4.78 is 5.81. The van der Waals surface area contributed by atoms with Crippen LogP contribution >= 0.6 is 0 Å². The molecule has 0 bridgehead atoms. The molecule has 0 aliphatic carbocycles. The molecule has 1 N–H and O–H groups in total. The van der Waals surface area contributed by atoms with Gasteiger partial charge in [0.1, 0.15) is 12.4 Å². The second-order valence-electron chi connectivity index (χ2n) is 6.24. The fraction of sp³-hybridized carbons (Fsp3) is 0.0417. The predicted octanol–water partition coefficient (Wildman–Crippen LogP) is 5.86. The fourth-order valence-corrected chi connectivity index (χ4v) is 2.89. The monoisotopic (exact) mass is 352 g/mol. The Hall–Kier alpha value is -3.59. The van der Waals surface area contributed by atoms with Gasteiger partial charge in [-0.1, -0.05) is 66.7 Å². The molecule has 3 nitrogen and oxygen atoms in total. The van der Waals surface area contributed by atoms with Crippen LogP contribution in [0, 0.1) is 0 Å².